The Kier molecular flexibility index (Phi) is 3.82. The molecule has 0 heterocycles. The summed E-state index contributed by atoms with van der Waals surface area (Å²) in [5, 5.41) is 0. The number of carbonyl (C=O) groups is 1. The molecule has 0 saturated heterocycles. The Bertz CT molecular complexity index is 698. The first kappa shape index (κ1) is 15.2. The van der Waals surface area contributed by atoms with Gasteiger partial charge in [0.2, 0.25) is 0 Å². The van der Waals surface area contributed by atoms with Crippen LogP contribution in [-0.2, 0) is 19.1 Å². The lowest BCUT2D eigenvalue weighted by atomic mass is 9.53. The summed E-state index contributed by atoms with van der Waals surface area (Å²) in [5.41, 5.74) is 5.51. The molecule has 0 radical (unpaired) electrons. The fourth-order valence-electron chi connectivity index (χ4n) is 3.67. The van der Waals surface area contributed by atoms with Gasteiger partial charge in [-0.25, -0.2) is 0 Å². The molecular weight excluding hydrogens is 302 g/mol. The van der Waals surface area contributed by atoms with Crippen molar-refractivity contribution in [3.63, 3.8) is 0 Å². The minimum atomic E-state index is -4.05. The van der Waals surface area contributed by atoms with Gasteiger partial charge in [0.05, 0.1) is 6.42 Å². The SMILES string of the molecule is NC[C@]1(CC(=O)OS(=O)(=O)c2ccccc2)C[C@H]2CC=C[C@H]21. The number of hydrogen-bond acceptors (Lipinski definition) is 5. The average Bonchev–Trinajstić information content (AvgIpc) is 2.88. The van der Waals surface area contributed by atoms with Gasteiger partial charge in [-0.05, 0) is 48.8 Å². The minimum absolute atomic E-state index is 0.0163. The number of allylic oxidation sites excluding steroid dienone is 2. The summed E-state index contributed by atoms with van der Waals surface area (Å²) in [6, 6.07) is 7.68. The molecule has 0 amide bonds. The Labute approximate surface area is 130 Å². The molecule has 0 bridgehead atoms. The van der Waals surface area contributed by atoms with Crippen molar-refractivity contribution in [1.29, 1.82) is 0 Å². The molecule has 1 aromatic rings. The van der Waals surface area contributed by atoms with E-state index in [1.54, 1.807) is 18.2 Å². The molecule has 1 saturated carbocycles. The maximum Gasteiger partial charge on any atom is 0.341 e. The molecule has 1 fully saturated rings. The molecule has 2 aliphatic carbocycles. The molecule has 5 nitrogen and oxygen atoms in total. The normalized spacial score (nSPS) is 29.7. The van der Waals surface area contributed by atoms with Crippen LogP contribution in [0, 0.1) is 17.3 Å². The number of rotatable bonds is 5. The molecule has 6 heteroatoms. The largest absolute Gasteiger partial charge is 0.342 e. The van der Waals surface area contributed by atoms with E-state index in [0.717, 1.165) is 12.8 Å². The van der Waals surface area contributed by atoms with Crippen molar-refractivity contribution in [1.82, 2.24) is 0 Å². The lowest BCUT2D eigenvalue weighted by molar-refractivity contribution is -0.141. The summed E-state index contributed by atoms with van der Waals surface area (Å²) in [7, 11) is -4.05. The zero-order valence-electron chi connectivity index (χ0n) is 12.1. The summed E-state index contributed by atoms with van der Waals surface area (Å²) in [4.78, 5) is 12.1. The van der Waals surface area contributed by atoms with Gasteiger partial charge in [-0.2, -0.15) is 8.42 Å². The lowest BCUT2D eigenvalue weighted by Crippen LogP contribution is -2.51. The number of nitrogens with two attached hydrogens (primary N) is 1. The van der Waals surface area contributed by atoms with Gasteiger partial charge >= 0.3 is 16.1 Å². The van der Waals surface area contributed by atoms with Crippen LogP contribution < -0.4 is 5.73 Å². The van der Waals surface area contributed by atoms with Gasteiger partial charge in [0.1, 0.15) is 4.90 Å². The molecule has 1 aromatic carbocycles. The van der Waals surface area contributed by atoms with Crippen LogP contribution in [0.25, 0.3) is 0 Å². The van der Waals surface area contributed by atoms with Crippen molar-refractivity contribution in [2.45, 2.75) is 24.2 Å². The minimum Gasteiger partial charge on any atom is -0.342 e. The highest BCUT2D eigenvalue weighted by molar-refractivity contribution is 7.87. The quantitative estimate of drug-likeness (QED) is 0.660. The van der Waals surface area contributed by atoms with E-state index in [0.29, 0.717) is 12.5 Å². The van der Waals surface area contributed by atoms with Gasteiger partial charge in [0.15, 0.2) is 0 Å². The number of benzene rings is 1. The van der Waals surface area contributed by atoms with Crippen LogP contribution in [0.3, 0.4) is 0 Å². The molecule has 118 valence electrons. The number of carbonyl (C=O) groups excluding carboxylic acids is 1. The third-order valence-corrected chi connectivity index (χ3v) is 6.06. The van der Waals surface area contributed by atoms with Crippen molar-refractivity contribution >= 4 is 16.1 Å². The maximum atomic E-state index is 12.1. The first-order chi connectivity index (χ1) is 10.5. The molecule has 0 aromatic heterocycles. The Morgan fingerprint density at radius 1 is 1.32 bits per heavy atom. The summed E-state index contributed by atoms with van der Waals surface area (Å²) in [5.74, 6) is 0.0830. The van der Waals surface area contributed by atoms with Crippen molar-refractivity contribution in [3.05, 3.63) is 42.5 Å². The van der Waals surface area contributed by atoms with Crippen molar-refractivity contribution < 1.29 is 17.4 Å². The molecule has 22 heavy (non-hydrogen) atoms. The van der Waals surface area contributed by atoms with Crippen LogP contribution in [-0.4, -0.2) is 20.9 Å². The van der Waals surface area contributed by atoms with Crippen LogP contribution in [0.5, 0.6) is 0 Å². The standard InChI is InChI=1S/C16H19NO4S/c17-11-16(9-12-5-4-8-14(12)16)10-15(18)21-22(19,20)13-6-2-1-3-7-13/h1-4,6-8,12,14H,5,9-11,17H2/t12-,14-,16-/m1/s1. The van der Waals surface area contributed by atoms with Crippen molar-refractivity contribution in [3.8, 4) is 0 Å². The molecule has 0 unspecified atom stereocenters. The zero-order valence-corrected chi connectivity index (χ0v) is 13.0. The van der Waals surface area contributed by atoms with E-state index in [2.05, 4.69) is 12.2 Å². The second-order valence-electron chi connectivity index (χ2n) is 6.12. The van der Waals surface area contributed by atoms with Gasteiger partial charge in [-0.15, -0.1) is 0 Å². The first-order valence-corrected chi connectivity index (χ1v) is 8.77. The predicted octanol–water partition coefficient (Wildman–Crippen LogP) is 1.85. The second-order valence-corrected chi connectivity index (χ2v) is 7.67. The molecule has 2 N–H and O–H groups in total. The Morgan fingerprint density at radius 3 is 2.68 bits per heavy atom. The topological polar surface area (TPSA) is 86.5 Å². The van der Waals surface area contributed by atoms with Gasteiger partial charge in [0.25, 0.3) is 0 Å². The zero-order chi connectivity index (χ0) is 15.8. The summed E-state index contributed by atoms with van der Waals surface area (Å²) >= 11 is 0. The van der Waals surface area contributed by atoms with Gasteiger partial charge in [0, 0.05) is 0 Å². The fourth-order valence-corrected chi connectivity index (χ4v) is 4.56. The van der Waals surface area contributed by atoms with Crippen molar-refractivity contribution in [2.24, 2.45) is 23.0 Å². The summed E-state index contributed by atoms with van der Waals surface area (Å²) in [6.07, 6.45) is 6.12. The highest BCUT2D eigenvalue weighted by Crippen LogP contribution is 2.57. The Hall–Kier alpha value is -1.66. The third kappa shape index (κ3) is 2.57. The van der Waals surface area contributed by atoms with Crippen LogP contribution in [0.4, 0.5) is 0 Å². The highest BCUT2D eigenvalue weighted by Gasteiger charge is 2.54. The van der Waals surface area contributed by atoms with E-state index in [1.165, 1.54) is 12.1 Å². The smallest absolute Gasteiger partial charge is 0.341 e. The van der Waals surface area contributed by atoms with Crippen LogP contribution >= 0.6 is 0 Å². The molecule has 0 spiro atoms. The van der Waals surface area contributed by atoms with Gasteiger partial charge in [-0.1, -0.05) is 30.4 Å². The monoisotopic (exact) mass is 321 g/mol. The lowest BCUT2D eigenvalue weighted by Gasteiger charge is -2.51. The Balaban J connectivity index is 1.69. The number of hydrogen-bond donors (Lipinski definition) is 1. The maximum absolute atomic E-state index is 12.1. The van der Waals surface area contributed by atoms with Crippen LogP contribution in [0.15, 0.2) is 47.4 Å². The van der Waals surface area contributed by atoms with E-state index in [9.17, 15) is 13.2 Å². The second kappa shape index (κ2) is 5.52. The van der Waals surface area contributed by atoms with Crippen molar-refractivity contribution in [2.75, 3.05) is 6.54 Å². The molecular formula is C16H19NO4S. The Morgan fingerprint density at radius 2 is 2.05 bits per heavy atom. The summed E-state index contributed by atoms with van der Waals surface area (Å²) < 4.78 is 28.9. The van der Waals surface area contributed by atoms with Gasteiger partial charge in [-0.3, -0.25) is 4.79 Å². The molecule has 3 atom stereocenters. The third-order valence-electron chi connectivity index (χ3n) is 4.80. The van der Waals surface area contributed by atoms with Crippen LogP contribution in [0.2, 0.25) is 0 Å². The van der Waals surface area contributed by atoms with E-state index in [-0.39, 0.29) is 22.6 Å². The highest BCUT2D eigenvalue weighted by atomic mass is 32.2. The molecule has 0 aliphatic heterocycles. The average molecular weight is 321 g/mol. The van der Waals surface area contributed by atoms with E-state index in [1.807, 2.05) is 0 Å². The molecule has 2 aliphatic rings. The summed E-state index contributed by atoms with van der Waals surface area (Å²) in [6.45, 7) is 0.360. The predicted molar refractivity (Wildman–Crippen MR) is 81.2 cm³/mol. The molecule has 3 rings (SSSR count). The van der Waals surface area contributed by atoms with Gasteiger partial charge < -0.3 is 9.92 Å². The van der Waals surface area contributed by atoms with E-state index >= 15 is 0 Å². The van der Waals surface area contributed by atoms with E-state index < -0.39 is 16.1 Å². The van der Waals surface area contributed by atoms with Crippen LogP contribution in [0.1, 0.15) is 19.3 Å². The number of fused-ring (bicyclic) bond motifs is 1. The van der Waals surface area contributed by atoms with E-state index in [4.69, 9.17) is 9.92 Å². The fraction of sp³-hybridized carbons (Fsp3) is 0.438. The first-order valence-electron chi connectivity index (χ1n) is 7.36.